The second-order valence-electron chi connectivity index (χ2n) is 28.2. The van der Waals surface area contributed by atoms with E-state index in [1.807, 2.05) is 0 Å². The lowest BCUT2D eigenvalue weighted by molar-refractivity contribution is -0.359. The van der Waals surface area contributed by atoms with Crippen molar-refractivity contribution in [2.45, 2.75) is 421 Å². The number of aliphatic hydroxyl groups is 8. The largest absolute Gasteiger partial charge is 0.394 e. The Labute approximate surface area is 587 Å². The fourth-order valence-corrected chi connectivity index (χ4v) is 13.1. The molecule has 0 aromatic heterocycles. The molecule has 0 aromatic carbocycles. The number of hydrogen-bond donors (Lipinski definition) is 9. The van der Waals surface area contributed by atoms with E-state index < -0.39 is 86.8 Å². The standard InChI is InChI=1S/C82H149NO13/c1-3-5-7-9-11-13-15-17-19-21-23-25-26-27-28-29-30-31-32-33-34-35-36-37-38-39-40-41-42-43-44-46-48-50-52-54-56-58-60-62-64-66-74(87)83-70(71(86)65-63-61-59-57-55-53-51-49-47-45-24-22-20-18-16-14-12-10-8-6-4-2)69-93-81-79(92)77(90)80(73(68-85)95-81)96-82-78(91)76(89)75(88)72(67-84)94-82/h5,7,11,13,17,19,23,25,27-28,30-31,70-73,75-82,84-86,88-92H,3-4,6,8-10,12,14-16,18,20-22,24,26,29,32-69H2,1-2H3,(H,83,87)/b7-5-,13-11-,19-17-,25-23-,28-27-,31-30-. The Hall–Kier alpha value is -2.57. The van der Waals surface area contributed by atoms with Crippen molar-refractivity contribution in [1.82, 2.24) is 5.32 Å². The summed E-state index contributed by atoms with van der Waals surface area (Å²) in [4.78, 5) is 13.4. The minimum Gasteiger partial charge on any atom is -0.394 e. The number of aliphatic hydroxyl groups excluding tert-OH is 8. The number of amides is 1. The zero-order chi connectivity index (χ0) is 69.4. The number of ether oxygens (including phenoxy) is 4. The first-order valence-corrected chi connectivity index (χ1v) is 40.2. The van der Waals surface area contributed by atoms with Crippen LogP contribution in [0.2, 0.25) is 0 Å². The van der Waals surface area contributed by atoms with Crippen LogP contribution in [0.5, 0.6) is 0 Å². The number of rotatable bonds is 67. The van der Waals surface area contributed by atoms with Crippen molar-refractivity contribution in [2.75, 3.05) is 19.8 Å². The van der Waals surface area contributed by atoms with Crippen LogP contribution >= 0.6 is 0 Å². The summed E-state index contributed by atoms with van der Waals surface area (Å²) in [5.41, 5.74) is 0. The number of nitrogens with one attached hydrogen (secondary N) is 1. The lowest BCUT2D eigenvalue weighted by Crippen LogP contribution is -2.65. The summed E-state index contributed by atoms with van der Waals surface area (Å²) >= 11 is 0. The van der Waals surface area contributed by atoms with Crippen LogP contribution in [0.1, 0.15) is 348 Å². The van der Waals surface area contributed by atoms with Gasteiger partial charge in [0.05, 0.1) is 32.0 Å². The molecule has 9 N–H and O–H groups in total. The van der Waals surface area contributed by atoms with Gasteiger partial charge in [-0.3, -0.25) is 4.79 Å². The van der Waals surface area contributed by atoms with Crippen LogP contribution in [0.4, 0.5) is 0 Å². The van der Waals surface area contributed by atoms with Crippen molar-refractivity contribution in [3.8, 4) is 0 Å². The van der Waals surface area contributed by atoms with E-state index in [4.69, 9.17) is 18.9 Å². The topological polar surface area (TPSA) is 228 Å². The normalized spacial score (nSPS) is 22.6. The molecule has 2 aliphatic rings. The molecule has 0 spiro atoms. The van der Waals surface area contributed by atoms with E-state index >= 15 is 0 Å². The Bertz CT molecular complexity index is 1890. The Balaban J connectivity index is 1.56. The molecule has 2 fully saturated rings. The van der Waals surface area contributed by atoms with Gasteiger partial charge in [0.1, 0.15) is 48.8 Å². The van der Waals surface area contributed by atoms with Crippen LogP contribution in [0.25, 0.3) is 0 Å². The second kappa shape index (κ2) is 65.7. The van der Waals surface area contributed by atoms with Crippen molar-refractivity contribution in [3.63, 3.8) is 0 Å². The molecule has 2 heterocycles. The van der Waals surface area contributed by atoms with Crippen LogP contribution < -0.4 is 5.32 Å². The Kier molecular flexibility index (Phi) is 61.3. The van der Waals surface area contributed by atoms with Gasteiger partial charge in [0.25, 0.3) is 0 Å². The van der Waals surface area contributed by atoms with Gasteiger partial charge in [-0.25, -0.2) is 0 Å². The fourth-order valence-electron chi connectivity index (χ4n) is 13.1. The lowest BCUT2D eigenvalue weighted by atomic mass is 9.97. The summed E-state index contributed by atoms with van der Waals surface area (Å²) in [5.74, 6) is -0.200. The van der Waals surface area contributed by atoms with Crippen molar-refractivity contribution in [3.05, 3.63) is 72.9 Å². The third kappa shape index (κ3) is 48.3. The van der Waals surface area contributed by atoms with Gasteiger partial charge in [-0.1, -0.05) is 350 Å². The van der Waals surface area contributed by atoms with Crippen molar-refractivity contribution >= 4 is 5.91 Å². The first-order chi connectivity index (χ1) is 47.1. The number of hydrogen-bond acceptors (Lipinski definition) is 13. The molecule has 2 saturated heterocycles. The highest BCUT2D eigenvalue weighted by molar-refractivity contribution is 5.76. The average Bonchev–Trinajstić information content (AvgIpc) is 0.807. The van der Waals surface area contributed by atoms with Crippen LogP contribution in [0.3, 0.4) is 0 Å². The van der Waals surface area contributed by atoms with Crippen LogP contribution in [-0.4, -0.2) is 140 Å². The van der Waals surface area contributed by atoms with Crippen molar-refractivity contribution in [2.24, 2.45) is 0 Å². The molecule has 12 atom stereocenters. The SMILES string of the molecule is CC/C=C\C/C=C\C/C=C\C/C=C\C/C=C\C/C=C\CCCCCCCCCCCCCCCCCCCCCCCCC(=O)NC(COC1OC(CO)C(OC2OC(CO)C(O)C(O)C2O)C(O)C1O)C(O)CCCCCCCCCCCCCCCCCCCCCCC. The summed E-state index contributed by atoms with van der Waals surface area (Å²) in [6.07, 6.45) is 73.7. The highest BCUT2D eigenvalue weighted by Crippen LogP contribution is 2.30. The maximum absolute atomic E-state index is 13.4. The molecular formula is C82H149NO13. The van der Waals surface area contributed by atoms with Gasteiger partial charge in [-0.15, -0.1) is 0 Å². The molecule has 14 heteroatoms. The molecule has 0 aliphatic carbocycles. The summed E-state index contributed by atoms with van der Waals surface area (Å²) in [6, 6.07) is -0.830. The van der Waals surface area contributed by atoms with Gasteiger partial charge in [0.15, 0.2) is 12.6 Å². The molecule has 0 radical (unpaired) electrons. The molecule has 2 aliphatic heterocycles. The summed E-state index contributed by atoms with van der Waals surface area (Å²) in [6.45, 7) is 2.80. The van der Waals surface area contributed by atoms with Crippen molar-refractivity contribution < 1.29 is 64.6 Å². The van der Waals surface area contributed by atoms with Gasteiger partial charge >= 0.3 is 0 Å². The third-order valence-electron chi connectivity index (χ3n) is 19.4. The summed E-state index contributed by atoms with van der Waals surface area (Å²) < 4.78 is 23.0. The molecular weight excluding hydrogens is 1210 g/mol. The molecule has 14 nitrogen and oxygen atoms in total. The minimum absolute atomic E-state index is 0.200. The molecule has 96 heavy (non-hydrogen) atoms. The lowest BCUT2D eigenvalue weighted by Gasteiger charge is -2.46. The molecule has 12 unspecified atom stereocenters. The number of carbonyl (C=O) groups excluding carboxylic acids is 1. The highest BCUT2D eigenvalue weighted by Gasteiger charge is 2.51. The Morgan fingerprint density at radius 2 is 0.719 bits per heavy atom. The Morgan fingerprint density at radius 3 is 1.10 bits per heavy atom. The summed E-state index contributed by atoms with van der Waals surface area (Å²) in [5, 5.41) is 87.8. The van der Waals surface area contributed by atoms with E-state index in [1.54, 1.807) is 0 Å². The van der Waals surface area contributed by atoms with E-state index in [9.17, 15) is 45.6 Å². The number of carbonyl (C=O) groups is 1. The molecule has 1 amide bonds. The quantitative estimate of drug-likeness (QED) is 0.0204. The van der Waals surface area contributed by atoms with E-state index in [0.717, 1.165) is 89.9 Å². The first-order valence-electron chi connectivity index (χ1n) is 40.2. The van der Waals surface area contributed by atoms with Crippen LogP contribution in [0.15, 0.2) is 72.9 Å². The van der Waals surface area contributed by atoms with Crippen LogP contribution in [0, 0.1) is 0 Å². The van der Waals surface area contributed by atoms with E-state index in [2.05, 4.69) is 92.1 Å². The van der Waals surface area contributed by atoms with E-state index in [1.165, 1.54) is 231 Å². The predicted molar refractivity (Wildman–Crippen MR) is 397 cm³/mol. The molecule has 0 aromatic rings. The molecule has 0 saturated carbocycles. The zero-order valence-corrected chi connectivity index (χ0v) is 61.4. The maximum atomic E-state index is 13.4. The second-order valence-corrected chi connectivity index (χ2v) is 28.2. The van der Waals surface area contributed by atoms with Gasteiger partial charge in [0.2, 0.25) is 5.91 Å². The van der Waals surface area contributed by atoms with E-state index in [0.29, 0.717) is 12.8 Å². The molecule has 0 bridgehead atoms. The molecule has 2 rings (SSSR count). The van der Waals surface area contributed by atoms with Gasteiger partial charge in [-0.2, -0.15) is 0 Å². The fraction of sp³-hybridized carbons (Fsp3) is 0.841. The number of allylic oxidation sites excluding steroid dienone is 12. The highest BCUT2D eigenvalue weighted by atomic mass is 16.7. The minimum atomic E-state index is -1.78. The van der Waals surface area contributed by atoms with Gasteiger partial charge in [-0.05, 0) is 64.2 Å². The maximum Gasteiger partial charge on any atom is 0.220 e. The first kappa shape index (κ1) is 89.5. The summed E-state index contributed by atoms with van der Waals surface area (Å²) in [7, 11) is 0. The van der Waals surface area contributed by atoms with Crippen LogP contribution in [-0.2, 0) is 23.7 Å². The number of unbranched alkanes of at least 4 members (excludes halogenated alkanes) is 42. The predicted octanol–water partition coefficient (Wildman–Crippen LogP) is 18.1. The monoisotopic (exact) mass is 1360 g/mol. The van der Waals surface area contributed by atoms with Crippen molar-refractivity contribution in [1.29, 1.82) is 0 Å². The van der Waals surface area contributed by atoms with Gasteiger partial charge < -0.3 is 65.1 Å². The average molecular weight is 1360 g/mol. The Morgan fingerprint density at radius 1 is 0.385 bits per heavy atom. The third-order valence-corrected chi connectivity index (χ3v) is 19.4. The van der Waals surface area contributed by atoms with Gasteiger partial charge in [0, 0.05) is 6.42 Å². The smallest absolute Gasteiger partial charge is 0.220 e. The van der Waals surface area contributed by atoms with E-state index in [-0.39, 0.29) is 12.5 Å². The zero-order valence-electron chi connectivity index (χ0n) is 61.4. The molecule has 560 valence electrons.